The molecule has 0 aliphatic carbocycles. The fourth-order valence-electron chi connectivity index (χ4n) is 2.68. The second kappa shape index (κ2) is 6.22. The average molecular weight is 276 g/mol. The Bertz CT molecular complexity index is 479. The first-order chi connectivity index (χ1) is 9.51. The smallest absolute Gasteiger partial charge is 0.254 e. The standard InChI is InChI=1S/C15H24N4O/c1-4-12-9-11(10-14(16)17-12)15(20)19-7-5-13(6-8-19)18(2)3/h9-10,13H,4-8H2,1-3H3,(H2,16,17). The van der Waals surface area contributed by atoms with Crippen molar-refractivity contribution in [2.24, 2.45) is 0 Å². The topological polar surface area (TPSA) is 62.5 Å². The first kappa shape index (κ1) is 14.8. The van der Waals surface area contributed by atoms with Crippen molar-refractivity contribution >= 4 is 11.7 Å². The first-order valence-corrected chi connectivity index (χ1v) is 7.23. The Labute approximate surface area is 120 Å². The van der Waals surface area contributed by atoms with E-state index in [-0.39, 0.29) is 5.91 Å². The third-order valence-electron chi connectivity index (χ3n) is 3.99. The van der Waals surface area contributed by atoms with Crippen LogP contribution in [0.5, 0.6) is 0 Å². The minimum atomic E-state index is 0.0750. The van der Waals surface area contributed by atoms with Crippen LogP contribution < -0.4 is 5.73 Å². The summed E-state index contributed by atoms with van der Waals surface area (Å²) >= 11 is 0. The highest BCUT2D eigenvalue weighted by molar-refractivity contribution is 5.95. The summed E-state index contributed by atoms with van der Waals surface area (Å²) in [7, 11) is 4.19. The summed E-state index contributed by atoms with van der Waals surface area (Å²) in [5, 5.41) is 0. The van der Waals surface area contributed by atoms with E-state index in [4.69, 9.17) is 5.73 Å². The number of carbonyl (C=O) groups excluding carboxylic acids is 1. The van der Waals surface area contributed by atoms with Gasteiger partial charge in [-0.25, -0.2) is 4.98 Å². The lowest BCUT2D eigenvalue weighted by Gasteiger charge is -2.35. The second-order valence-electron chi connectivity index (χ2n) is 5.61. The van der Waals surface area contributed by atoms with E-state index < -0.39 is 0 Å². The van der Waals surface area contributed by atoms with Crippen LogP contribution in [0.3, 0.4) is 0 Å². The molecule has 0 aromatic carbocycles. The van der Waals surface area contributed by atoms with Gasteiger partial charge in [0.2, 0.25) is 0 Å². The van der Waals surface area contributed by atoms with Gasteiger partial charge in [0.1, 0.15) is 5.82 Å². The van der Waals surface area contributed by atoms with E-state index in [1.807, 2.05) is 17.9 Å². The molecular formula is C15H24N4O. The molecule has 2 rings (SSSR count). The average Bonchev–Trinajstić information content (AvgIpc) is 2.45. The van der Waals surface area contributed by atoms with E-state index in [0.29, 0.717) is 17.4 Å². The molecule has 5 heteroatoms. The molecule has 1 aromatic heterocycles. The van der Waals surface area contributed by atoms with Crippen molar-refractivity contribution in [1.29, 1.82) is 0 Å². The van der Waals surface area contributed by atoms with Gasteiger partial charge in [0.05, 0.1) is 0 Å². The maximum Gasteiger partial charge on any atom is 0.254 e. The van der Waals surface area contributed by atoms with Crippen molar-refractivity contribution in [2.75, 3.05) is 32.9 Å². The highest BCUT2D eigenvalue weighted by Gasteiger charge is 2.24. The molecule has 1 aromatic rings. The molecule has 1 aliphatic rings. The molecule has 1 amide bonds. The van der Waals surface area contributed by atoms with E-state index in [0.717, 1.165) is 38.0 Å². The SMILES string of the molecule is CCc1cc(C(=O)N2CCC(N(C)C)CC2)cc(N)n1. The molecule has 1 saturated heterocycles. The zero-order chi connectivity index (χ0) is 14.7. The largest absolute Gasteiger partial charge is 0.384 e. The van der Waals surface area contributed by atoms with Gasteiger partial charge in [-0.2, -0.15) is 0 Å². The third kappa shape index (κ3) is 3.28. The second-order valence-corrected chi connectivity index (χ2v) is 5.61. The van der Waals surface area contributed by atoms with Gasteiger partial charge in [-0.1, -0.05) is 6.92 Å². The highest BCUT2D eigenvalue weighted by Crippen LogP contribution is 2.18. The summed E-state index contributed by atoms with van der Waals surface area (Å²) in [6.45, 7) is 3.63. The van der Waals surface area contributed by atoms with E-state index in [1.54, 1.807) is 6.07 Å². The number of pyridine rings is 1. The number of aromatic nitrogens is 1. The Balaban J connectivity index is 2.07. The lowest BCUT2D eigenvalue weighted by Crippen LogP contribution is -2.44. The molecule has 0 bridgehead atoms. The molecule has 110 valence electrons. The number of nitrogen functional groups attached to an aromatic ring is 1. The molecule has 0 atom stereocenters. The van der Waals surface area contributed by atoms with Crippen LogP contribution in [0.2, 0.25) is 0 Å². The summed E-state index contributed by atoms with van der Waals surface area (Å²) in [5.74, 6) is 0.502. The van der Waals surface area contributed by atoms with Crippen molar-refractivity contribution in [3.05, 3.63) is 23.4 Å². The van der Waals surface area contributed by atoms with E-state index in [2.05, 4.69) is 24.0 Å². The molecule has 0 unspecified atom stereocenters. The van der Waals surface area contributed by atoms with E-state index in [9.17, 15) is 4.79 Å². The number of likely N-dealkylation sites (tertiary alicyclic amines) is 1. The zero-order valence-electron chi connectivity index (χ0n) is 12.6. The number of nitrogens with zero attached hydrogens (tertiary/aromatic N) is 3. The van der Waals surface area contributed by atoms with Crippen LogP contribution in [-0.4, -0.2) is 53.9 Å². The van der Waals surface area contributed by atoms with Crippen molar-refractivity contribution in [3.8, 4) is 0 Å². The Hall–Kier alpha value is -1.62. The predicted octanol–water partition coefficient (Wildman–Crippen LogP) is 1.39. The fourth-order valence-corrected chi connectivity index (χ4v) is 2.68. The van der Waals surface area contributed by atoms with Crippen LogP contribution in [0.4, 0.5) is 5.82 Å². The molecule has 1 aliphatic heterocycles. The number of anilines is 1. The molecule has 2 N–H and O–H groups in total. The summed E-state index contributed by atoms with van der Waals surface area (Å²) in [6.07, 6.45) is 2.84. The monoisotopic (exact) mass is 276 g/mol. The van der Waals surface area contributed by atoms with Crippen LogP contribution in [-0.2, 0) is 6.42 Å². The Kier molecular flexibility index (Phi) is 4.60. The van der Waals surface area contributed by atoms with Gasteiger partial charge in [-0.05, 0) is 45.5 Å². The molecule has 1 fully saturated rings. The lowest BCUT2D eigenvalue weighted by atomic mass is 10.0. The van der Waals surface area contributed by atoms with Gasteiger partial charge in [-0.15, -0.1) is 0 Å². The van der Waals surface area contributed by atoms with Crippen molar-refractivity contribution in [3.63, 3.8) is 0 Å². The maximum absolute atomic E-state index is 12.5. The number of aryl methyl sites for hydroxylation is 1. The predicted molar refractivity (Wildman–Crippen MR) is 80.6 cm³/mol. The molecule has 0 saturated carbocycles. The van der Waals surface area contributed by atoms with Gasteiger partial charge in [0.25, 0.3) is 5.91 Å². The number of nitrogens with two attached hydrogens (primary N) is 1. The summed E-state index contributed by atoms with van der Waals surface area (Å²) in [5.41, 5.74) is 7.31. The number of rotatable bonds is 3. The summed E-state index contributed by atoms with van der Waals surface area (Å²) in [4.78, 5) is 20.9. The Morgan fingerprint density at radius 2 is 2.05 bits per heavy atom. The van der Waals surface area contributed by atoms with Gasteiger partial charge < -0.3 is 15.5 Å². The molecule has 0 spiro atoms. The van der Waals surface area contributed by atoms with Crippen molar-refractivity contribution < 1.29 is 4.79 Å². The number of piperidine rings is 1. The number of amides is 1. The van der Waals surface area contributed by atoms with E-state index >= 15 is 0 Å². The minimum absolute atomic E-state index is 0.0750. The summed E-state index contributed by atoms with van der Waals surface area (Å²) in [6, 6.07) is 4.11. The molecule has 0 radical (unpaired) electrons. The lowest BCUT2D eigenvalue weighted by molar-refractivity contribution is 0.0663. The highest BCUT2D eigenvalue weighted by atomic mass is 16.2. The van der Waals surface area contributed by atoms with Crippen LogP contribution in [0, 0.1) is 0 Å². The normalized spacial score (nSPS) is 16.7. The molecular weight excluding hydrogens is 252 g/mol. The summed E-state index contributed by atoms with van der Waals surface area (Å²) < 4.78 is 0. The van der Waals surface area contributed by atoms with Crippen LogP contribution >= 0.6 is 0 Å². The Morgan fingerprint density at radius 3 is 2.60 bits per heavy atom. The van der Waals surface area contributed by atoms with Gasteiger partial charge in [0.15, 0.2) is 0 Å². The number of hydrogen-bond donors (Lipinski definition) is 1. The van der Waals surface area contributed by atoms with Gasteiger partial charge >= 0.3 is 0 Å². The van der Waals surface area contributed by atoms with Crippen molar-refractivity contribution in [2.45, 2.75) is 32.2 Å². The van der Waals surface area contributed by atoms with Gasteiger partial charge in [0, 0.05) is 30.4 Å². The molecule has 20 heavy (non-hydrogen) atoms. The van der Waals surface area contributed by atoms with Crippen LogP contribution in [0.1, 0.15) is 35.8 Å². The molecule has 5 nitrogen and oxygen atoms in total. The number of hydrogen-bond acceptors (Lipinski definition) is 4. The number of carbonyl (C=O) groups is 1. The van der Waals surface area contributed by atoms with Crippen LogP contribution in [0.15, 0.2) is 12.1 Å². The maximum atomic E-state index is 12.5. The Morgan fingerprint density at radius 1 is 1.40 bits per heavy atom. The zero-order valence-corrected chi connectivity index (χ0v) is 12.6. The minimum Gasteiger partial charge on any atom is -0.384 e. The van der Waals surface area contributed by atoms with E-state index in [1.165, 1.54) is 0 Å². The van der Waals surface area contributed by atoms with Gasteiger partial charge in [-0.3, -0.25) is 4.79 Å². The molecule has 2 heterocycles. The van der Waals surface area contributed by atoms with Crippen LogP contribution in [0.25, 0.3) is 0 Å². The fraction of sp³-hybridized carbons (Fsp3) is 0.600. The quantitative estimate of drug-likeness (QED) is 0.906. The first-order valence-electron chi connectivity index (χ1n) is 7.23. The third-order valence-corrected chi connectivity index (χ3v) is 3.99. The van der Waals surface area contributed by atoms with Crippen molar-refractivity contribution in [1.82, 2.24) is 14.8 Å².